The molecule has 2 rings (SSSR count). The summed E-state index contributed by atoms with van der Waals surface area (Å²) in [4.78, 5) is 13.4. The molecule has 0 spiro atoms. The minimum absolute atomic E-state index is 0.401. The molecule has 0 aliphatic heterocycles. The number of amides is 1. The largest absolute Gasteiger partial charge is 0.398 e. The Morgan fingerprint density at radius 2 is 2.18 bits per heavy atom. The predicted octanol–water partition coefficient (Wildman–Crippen LogP) is 1.46. The zero-order valence-corrected chi connectivity index (χ0v) is 10.3. The van der Waals surface area contributed by atoms with Crippen LogP contribution in [0.5, 0.6) is 0 Å². The number of nitrogen functional groups attached to an aromatic ring is 1. The first kappa shape index (κ1) is 11.8. The Labute approximate surface area is 102 Å². The highest BCUT2D eigenvalue weighted by Crippen LogP contribution is 2.38. The second-order valence-corrected chi connectivity index (χ2v) is 4.99. The molecule has 17 heavy (non-hydrogen) atoms. The lowest BCUT2D eigenvalue weighted by molar-refractivity contribution is 0.100. The van der Waals surface area contributed by atoms with Crippen LogP contribution in [0.1, 0.15) is 23.7 Å². The predicted molar refractivity (Wildman–Crippen MR) is 69.9 cm³/mol. The molecule has 2 unspecified atom stereocenters. The van der Waals surface area contributed by atoms with Crippen molar-refractivity contribution in [2.45, 2.75) is 13.3 Å². The van der Waals surface area contributed by atoms with Gasteiger partial charge in [-0.2, -0.15) is 0 Å². The quantitative estimate of drug-likeness (QED) is 0.773. The molecule has 4 nitrogen and oxygen atoms in total. The number of rotatable bonds is 4. The standard InChI is InChI=1S/C13H19N3O/c1-8-5-9(8)7-16(2)10-3-4-12(14)11(6-10)13(15)17/h3-4,6,8-9H,5,7,14H2,1-2H3,(H2,15,17). The maximum atomic E-state index is 11.2. The molecule has 92 valence electrons. The van der Waals surface area contributed by atoms with E-state index in [2.05, 4.69) is 11.8 Å². The van der Waals surface area contributed by atoms with E-state index >= 15 is 0 Å². The fourth-order valence-electron chi connectivity index (χ4n) is 2.11. The molecule has 0 bridgehead atoms. The average molecular weight is 233 g/mol. The number of hydrogen-bond donors (Lipinski definition) is 2. The molecule has 1 amide bonds. The number of nitrogens with two attached hydrogens (primary N) is 2. The van der Waals surface area contributed by atoms with Crippen LogP contribution in [0.2, 0.25) is 0 Å². The molecule has 1 aliphatic carbocycles. The average Bonchev–Trinajstić information content (AvgIpc) is 2.94. The zero-order valence-electron chi connectivity index (χ0n) is 10.3. The third-order valence-corrected chi connectivity index (χ3v) is 3.53. The Bertz CT molecular complexity index is 444. The van der Waals surface area contributed by atoms with E-state index in [4.69, 9.17) is 11.5 Å². The summed E-state index contributed by atoms with van der Waals surface area (Å²) in [6.45, 7) is 3.28. The van der Waals surface area contributed by atoms with Crippen LogP contribution in [0.15, 0.2) is 18.2 Å². The van der Waals surface area contributed by atoms with Crippen LogP contribution in [0.3, 0.4) is 0 Å². The summed E-state index contributed by atoms with van der Waals surface area (Å²) in [6.07, 6.45) is 1.29. The number of carbonyl (C=O) groups excluding carboxylic acids is 1. The van der Waals surface area contributed by atoms with Crippen LogP contribution in [-0.4, -0.2) is 19.5 Å². The van der Waals surface area contributed by atoms with E-state index in [0.717, 1.165) is 24.1 Å². The molecule has 4 N–H and O–H groups in total. The van der Waals surface area contributed by atoms with Crippen LogP contribution in [-0.2, 0) is 0 Å². The van der Waals surface area contributed by atoms with Crippen molar-refractivity contribution in [1.29, 1.82) is 0 Å². The van der Waals surface area contributed by atoms with E-state index in [0.29, 0.717) is 11.3 Å². The molecule has 1 aromatic carbocycles. The van der Waals surface area contributed by atoms with Crippen LogP contribution < -0.4 is 16.4 Å². The second-order valence-electron chi connectivity index (χ2n) is 4.99. The van der Waals surface area contributed by atoms with Gasteiger partial charge in [-0.15, -0.1) is 0 Å². The summed E-state index contributed by atoms with van der Waals surface area (Å²) >= 11 is 0. The van der Waals surface area contributed by atoms with Gasteiger partial charge in [-0.3, -0.25) is 4.79 Å². The Kier molecular flexibility index (Phi) is 2.96. The van der Waals surface area contributed by atoms with Gasteiger partial charge in [-0.05, 0) is 36.5 Å². The van der Waals surface area contributed by atoms with Gasteiger partial charge >= 0.3 is 0 Å². The molecule has 0 aromatic heterocycles. The molecular formula is C13H19N3O. The van der Waals surface area contributed by atoms with Crippen molar-refractivity contribution < 1.29 is 4.79 Å². The normalized spacial score (nSPS) is 22.2. The summed E-state index contributed by atoms with van der Waals surface area (Å²) in [7, 11) is 2.03. The van der Waals surface area contributed by atoms with Crippen molar-refractivity contribution in [3.8, 4) is 0 Å². The third-order valence-electron chi connectivity index (χ3n) is 3.53. The van der Waals surface area contributed by atoms with Gasteiger partial charge in [-0.1, -0.05) is 6.92 Å². The van der Waals surface area contributed by atoms with E-state index in [1.54, 1.807) is 12.1 Å². The summed E-state index contributed by atoms with van der Waals surface area (Å²) in [5.74, 6) is 1.12. The van der Waals surface area contributed by atoms with Gasteiger partial charge in [0, 0.05) is 25.0 Å². The number of carbonyl (C=O) groups is 1. The van der Waals surface area contributed by atoms with Gasteiger partial charge in [0.1, 0.15) is 0 Å². The minimum atomic E-state index is -0.475. The first-order valence-electron chi connectivity index (χ1n) is 5.89. The molecule has 1 aromatic rings. The molecule has 1 saturated carbocycles. The number of nitrogens with zero attached hydrogens (tertiary/aromatic N) is 1. The lowest BCUT2D eigenvalue weighted by Gasteiger charge is -2.20. The van der Waals surface area contributed by atoms with Gasteiger partial charge in [0.25, 0.3) is 5.91 Å². The van der Waals surface area contributed by atoms with E-state index in [9.17, 15) is 4.79 Å². The second kappa shape index (κ2) is 4.28. The summed E-state index contributed by atoms with van der Waals surface area (Å²) in [6, 6.07) is 5.43. The first-order chi connectivity index (χ1) is 7.99. The first-order valence-corrected chi connectivity index (χ1v) is 5.89. The number of anilines is 2. The molecule has 4 heteroatoms. The summed E-state index contributed by atoms with van der Waals surface area (Å²) < 4.78 is 0. The van der Waals surface area contributed by atoms with Gasteiger partial charge in [-0.25, -0.2) is 0 Å². The molecule has 1 fully saturated rings. The topological polar surface area (TPSA) is 72.3 Å². The Hall–Kier alpha value is -1.71. The Balaban J connectivity index is 2.14. The maximum Gasteiger partial charge on any atom is 0.250 e. The van der Waals surface area contributed by atoms with Gasteiger partial charge in [0.15, 0.2) is 0 Å². The van der Waals surface area contributed by atoms with E-state index in [1.807, 2.05) is 13.1 Å². The van der Waals surface area contributed by atoms with Crippen LogP contribution in [0.4, 0.5) is 11.4 Å². The molecule has 0 saturated heterocycles. The van der Waals surface area contributed by atoms with Crippen molar-refractivity contribution in [2.24, 2.45) is 17.6 Å². The van der Waals surface area contributed by atoms with E-state index in [-0.39, 0.29) is 0 Å². The lowest BCUT2D eigenvalue weighted by atomic mass is 10.1. The Morgan fingerprint density at radius 3 is 2.71 bits per heavy atom. The van der Waals surface area contributed by atoms with Crippen LogP contribution in [0.25, 0.3) is 0 Å². The van der Waals surface area contributed by atoms with Crippen molar-refractivity contribution in [3.05, 3.63) is 23.8 Å². The fourth-order valence-corrected chi connectivity index (χ4v) is 2.11. The van der Waals surface area contributed by atoms with Gasteiger partial charge < -0.3 is 16.4 Å². The smallest absolute Gasteiger partial charge is 0.250 e. The summed E-state index contributed by atoms with van der Waals surface area (Å²) in [5.41, 5.74) is 12.8. The number of primary amides is 1. The van der Waals surface area contributed by atoms with Crippen LogP contribution >= 0.6 is 0 Å². The SMILES string of the molecule is CC1CC1CN(C)c1ccc(N)c(C(N)=O)c1. The highest BCUT2D eigenvalue weighted by Gasteiger charge is 2.33. The van der Waals surface area contributed by atoms with Gasteiger partial charge in [0.05, 0.1) is 5.56 Å². The lowest BCUT2D eigenvalue weighted by Crippen LogP contribution is -2.22. The third kappa shape index (κ3) is 2.52. The van der Waals surface area contributed by atoms with Gasteiger partial charge in [0.2, 0.25) is 0 Å². The molecular weight excluding hydrogens is 214 g/mol. The highest BCUT2D eigenvalue weighted by atomic mass is 16.1. The number of benzene rings is 1. The highest BCUT2D eigenvalue weighted by molar-refractivity contribution is 5.99. The minimum Gasteiger partial charge on any atom is -0.398 e. The molecule has 0 heterocycles. The summed E-state index contributed by atoms with van der Waals surface area (Å²) in [5, 5.41) is 0. The fraction of sp³-hybridized carbons (Fsp3) is 0.462. The van der Waals surface area contributed by atoms with Crippen LogP contribution in [0, 0.1) is 11.8 Å². The molecule has 2 atom stereocenters. The molecule has 1 aliphatic rings. The van der Waals surface area contributed by atoms with Crippen molar-refractivity contribution in [3.63, 3.8) is 0 Å². The molecule has 0 radical (unpaired) electrons. The number of hydrogen-bond acceptors (Lipinski definition) is 3. The van der Waals surface area contributed by atoms with E-state index < -0.39 is 5.91 Å². The Morgan fingerprint density at radius 1 is 1.53 bits per heavy atom. The van der Waals surface area contributed by atoms with Crippen molar-refractivity contribution in [2.75, 3.05) is 24.2 Å². The van der Waals surface area contributed by atoms with Crippen molar-refractivity contribution in [1.82, 2.24) is 0 Å². The van der Waals surface area contributed by atoms with Crippen molar-refractivity contribution >= 4 is 17.3 Å². The monoisotopic (exact) mass is 233 g/mol. The van der Waals surface area contributed by atoms with E-state index in [1.165, 1.54) is 6.42 Å². The maximum absolute atomic E-state index is 11.2. The zero-order chi connectivity index (χ0) is 12.6.